The summed E-state index contributed by atoms with van der Waals surface area (Å²) in [5, 5.41) is 0. The molecule has 2 nitrogen and oxygen atoms in total. The van der Waals surface area contributed by atoms with Crippen LogP contribution in [0.15, 0.2) is 48.5 Å². The Bertz CT molecular complexity index is 567. The van der Waals surface area contributed by atoms with Crippen molar-refractivity contribution in [2.24, 2.45) is 5.73 Å². The van der Waals surface area contributed by atoms with Crippen LogP contribution in [0.3, 0.4) is 0 Å². The lowest BCUT2D eigenvalue weighted by molar-refractivity contribution is -0.138. The van der Waals surface area contributed by atoms with E-state index in [4.69, 9.17) is 10.5 Å². The van der Waals surface area contributed by atoms with E-state index < -0.39 is 11.7 Å². The zero-order valence-corrected chi connectivity index (χ0v) is 10.7. The van der Waals surface area contributed by atoms with Gasteiger partial charge in [-0.3, -0.25) is 0 Å². The van der Waals surface area contributed by atoms with Crippen molar-refractivity contribution in [3.63, 3.8) is 0 Å². The number of hydrogen-bond acceptors (Lipinski definition) is 2. The van der Waals surface area contributed by atoms with Crippen LogP contribution in [0, 0.1) is 0 Å². The Hall–Kier alpha value is -2.01. The summed E-state index contributed by atoms with van der Waals surface area (Å²) in [5.41, 5.74) is 5.13. The van der Waals surface area contributed by atoms with E-state index in [9.17, 15) is 13.2 Å². The van der Waals surface area contributed by atoms with Crippen LogP contribution in [-0.2, 0) is 12.6 Å². The molecule has 0 spiro atoms. The maximum absolute atomic E-state index is 13.1. The minimum atomic E-state index is -4.46. The summed E-state index contributed by atoms with van der Waals surface area (Å²) < 4.78 is 44.5. The van der Waals surface area contributed by atoms with E-state index in [2.05, 4.69) is 0 Å². The van der Waals surface area contributed by atoms with Crippen molar-refractivity contribution in [2.75, 3.05) is 6.54 Å². The van der Waals surface area contributed by atoms with Gasteiger partial charge in [0, 0.05) is 0 Å². The summed E-state index contributed by atoms with van der Waals surface area (Å²) in [6.07, 6.45) is -4.07. The molecule has 0 fully saturated rings. The third kappa shape index (κ3) is 3.51. The highest BCUT2D eigenvalue weighted by Gasteiger charge is 2.34. The Morgan fingerprint density at radius 2 is 1.70 bits per heavy atom. The molecular weight excluding hydrogens is 267 g/mol. The molecular formula is C15H14F3NO. The van der Waals surface area contributed by atoms with Crippen LogP contribution in [0.1, 0.15) is 11.1 Å². The maximum Gasteiger partial charge on any atom is 0.419 e. The first kappa shape index (κ1) is 14.4. The van der Waals surface area contributed by atoms with Crippen molar-refractivity contribution < 1.29 is 17.9 Å². The molecule has 0 aliphatic rings. The molecule has 0 heterocycles. The molecule has 2 aromatic rings. The van der Waals surface area contributed by atoms with Gasteiger partial charge in [-0.15, -0.1) is 0 Å². The van der Waals surface area contributed by atoms with Crippen LogP contribution >= 0.6 is 0 Å². The minimum Gasteiger partial charge on any atom is -0.457 e. The van der Waals surface area contributed by atoms with E-state index in [1.54, 1.807) is 36.4 Å². The number of ether oxygens (including phenoxy) is 1. The normalized spacial score (nSPS) is 11.4. The van der Waals surface area contributed by atoms with E-state index in [-0.39, 0.29) is 5.75 Å². The first-order chi connectivity index (χ1) is 9.50. The smallest absolute Gasteiger partial charge is 0.419 e. The Morgan fingerprint density at radius 3 is 2.30 bits per heavy atom. The number of benzene rings is 2. The highest BCUT2D eigenvalue weighted by Crippen LogP contribution is 2.38. The van der Waals surface area contributed by atoms with Gasteiger partial charge in [0.15, 0.2) is 0 Å². The molecule has 5 heteroatoms. The largest absolute Gasteiger partial charge is 0.457 e. The van der Waals surface area contributed by atoms with Crippen LogP contribution in [-0.4, -0.2) is 6.54 Å². The molecule has 0 saturated carbocycles. The summed E-state index contributed by atoms with van der Waals surface area (Å²) >= 11 is 0. The fraction of sp³-hybridized carbons (Fsp3) is 0.200. The number of alkyl halides is 3. The molecule has 2 N–H and O–H groups in total. The lowest BCUT2D eigenvalue weighted by atomic mass is 10.1. The highest BCUT2D eigenvalue weighted by molar-refractivity contribution is 5.42. The topological polar surface area (TPSA) is 35.2 Å². The number of para-hydroxylation sites is 1. The molecule has 0 aliphatic heterocycles. The highest BCUT2D eigenvalue weighted by atomic mass is 19.4. The third-order valence-corrected chi connectivity index (χ3v) is 2.75. The molecule has 0 bridgehead atoms. The van der Waals surface area contributed by atoms with Crippen LogP contribution in [0.4, 0.5) is 13.2 Å². The van der Waals surface area contributed by atoms with Gasteiger partial charge in [0.1, 0.15) is 11.5 Å². The maximum atomic E-state index is 13.1. The average molecular weight is 281 g/mol. The van der Waals surface area contributed by atoms with Crippen LogP contribution < -0.4 is 10.5 Å². The molecule has 20 heavy (non-hydrogen) atoms. The number of halogens is 3. The van der Waals surface area contributed by atoms with Crippen LogP contribution in [0.2, 0.25) is 0 Å². The quantitative estimate of drug-likeness (QED) is 0.919. The monoisotopic (exact) mass is 281 g/mol. The van der Waals surface area contributed by atoms with Crippen molar-refractivity contribution in [3.8, 4) is 11.5 Å². The first-order valence-corrected chi connectivity index (χ1v) is 6.14. The lowest BCUT2D eigenvalue weighted by Crippen LogP contribution is -2.09. The fourth-order valence-electron chi connectivity index (χ4n) is 1.83. The van der Waals surface area contributed by atoms with Crippen LogP contribution in [0.5, 0.6) is 11.5 Å². The first-order valence-electron chi connectivity index (χ1n) is 6.14. The zero-order valence-electron chi connectivity index (χ0n) is 10.7. The van der Waals surface area contributed by atoms with Gasteiger partial charge in [-0.2, -0.15) is 13.2 Å². The van der Waals surface area contributed by atoms with Gasteiger partial charge in [0.2, 0.25) is 0 Å². The molecule has 0 amide bonds. The Kier molecular flexibility index (Phi) is 4.29. The van der Waals surface area contributed by atoms with Crippen molar-refractivity contribution in [1.82, 2.24) is 0 Å². The van der Waals surface area contributed by atoms with Gasteiger partial charge in [0.25, 0.3) is 0 Å². The van der Waals surface area contributed by atoms with Gasteiger partial charge in [-0.05, 0) is 42.8 Å². The number of nitrogens with two attached hydrogens (primary N) is 1. The predicted molar refractivity (Wildman–Crippen MR) is 70.7 cm³/mol. The van der Waals surface area contributed by atoms with E-state index in [1.165, 1.54) is 6.07 Å². The molecule has 0 aliphatic carbocycles. The molecule has 0 radical (unpaired) electrons. The van der Waals surface area contributed by atoms with Crippen molar-refractivity contribution in [3.05, 3.63) is 59.7 Å². The SMILES string of the molecule is NCCc1ccc(Oc2ccccc2)c(C(F)(F)F)c1. The molecule has 0 atom stereocenters. The Balaban J connectivity index is 2.37. The molecule has 0 unspecified atom stereocenters. The molecule has 0 aromatic heterocycles. The van der Waals surface area contributed by atoms with Crippen LogP contribution in [0.25, 0.3) is 0 Å². The Labute approximate surface area is 115 Å². The summed E-state index contributed by atoms with van der Waals surface area (Å²) in [6.45, 7) is 0.302. The molecule has 106 valence electrons. The molecule has 2 rings (SSSR count). The molecule has 0 saturated heterocycles. The van der Waals surface area contributed by atoms with Gasteiger partial charge < -0.3 is 10.5 Å². The van der Waals surface area contributed by atoms with Crippen molar-refractivity contribution >= 4 is 0 Å². The second-order valence-corrected chi connectivity index (χ2v) is 4.28. The predicted octanol–water partition coefficient (Wildman–Crippen LogP) is 4.00. The van der Waals surface area contributed by atoms with E-state index >= 15 is 0 Å². The van der Waals surface area contributed by atoms with E-state index in [1.807, 2.05) is 0 Å². The minimum absolute atomic E-state index is 0.204. The van der Waals surface area contributed by atoms with E-state index in [0.29, 0.717) is 24.3 Å². The third-order valence-electron chi connectivity index (χ3n) is 2.75. The average Bonchev–Trinajstić information content (AvgIpc) is 2.41. The van der Waals surface area contributed by atoms with Crippen molar-refractivity contribution in [1.29, 1.82) is 0 Å². The zero-order chi connectivity index (χ0) is 14.6. The summed E-state index contributed by atoms with van der Waals surface area (Å²) in [7, 11) is 0. The summed E-state index contributed by atoms with van der Waals surface area (Å²) in [6, 6.07) is 12.4. The lowest BCUT2D eigenvalue weighted by Gasteiger charge is -2.15. The summed E-state index contributed by atoms with van der Waals surface area (Å²) in [5.74, 6) is 0.161. The number of hydrogen-bond donors (Lipinski definition) is 1. The number of rotatable bonds is 4. The van der Waals surface area contributed by atoms with Gasteiger partial charge in [-0.25, -0.2) is 0 Å². The molecule has 2 aromatic carbocycles. The van der Waals surface area contributed by atoms with Crippen molar-refractivity contribution in [2.45, 2.75) is 12.6 Å². The Morgan fingerprint density at radius 1 is 1.00 bits per heavy atom. The summed E-state index contributed by atoms with van der Waals surface area (Å²) in [4.78, 5) is 0. The van der Waals surface area contributed by atoms with Gasteiger partial charge in [0.05, 0.1) is 5.56 Å². The second-order valence-electron chi connectivity index (χ2n) is 4.28. The standard InChI is InChI=1S/C15H14F3NO/c16-15(17,18)13-10-11(8-9-19)6-7-14(13)20-12-4-2-1-3-5-12/h1-7,10H,8-9,19H2. The van der Waals surface area contributed by atoms with E-state index in [0.717, 1.165) is 6.07 Å². The van der Waals surface area contributed by atoms with Gasteiger partial charge in [-0.1, -0.05) is 24.3 Å². The fourth-order valence-corrected chi connectivity index (χ4v) is 1.83. The van der Waals surface area contributed by atoms with Gasteiger partial charge >= 0.3 is 6.18 Å². The second kappa shape index (κ2) is 5.96.